The Morgan fingerprint density at radius 3 is 1.80 bits per heavy atom. The topological polar surface area (TPSA) is 80.5 Å². The minimum Gasteiger partial charge on any atom is -0.414 e. The first-order chi connectivity index (χ1) is 18.3. The summed E-state index contributed by atoms with van der Waals surface area (Å²) >= 11 is 8.69. The Kier molecular flexibility index (Phi) is 10.2. The summed E-state index contributed by atoms with van der Waals surface area (Å²) in [7, 11) is -6.57. The number of rotatable bonds is 8. The second-order valence-corrected chi connectivity index (χ2v) is 31.6. The molecule has 13 heteroatoms. The lowest BCUT2D eigenvalue weighted by molar-refractivity contribution is -0.0482. The highest BCUT2D eigenvalue weighted by Crippen LogP contribution is 2.47. The van der Waals surface area contributed by atoms with E-state index in [0.29, 0.717) is 26.8 Å². The van der Waals surface area contributed by atoms with Gasteiger partial charge in [-0.25, -0.2) is 15.0 Å². The molecule has 0 aromatic carbocycles. The van der Waals surface area contributed by atoms with Crippen molar-refractivity contribution >= 4 is 70.3 Å². The molecule has 0 aliphatic carbocycles. The zero-order chi connectivity index (χ0) is 31.6. The number of hydrogen-bond acceptors (Lipinski definition) is 7. The highest BCUT2D eigenvalue weighted by molar-refractivity contribution is 14.1. The lowest BCUT2D eigenvalue weighted by Gasteiger charge is -2.44. The molecule has 3 rings (SSSR count). The van der Waals surface area contributed by atoms with Gasteiger partial charge in [0, 0.05) is 22.6 Å². The SMILES string of the molecule is CC(C)(C)[Si](C)(C)OC[C@H]1O[C@@H](n2c(I)nc3c(Cl)ncnc32)[C@H](O[Si](C)(C)C(C)(C)C)[C@@H]1O[Si](C)(C)C(C)(C)C. The van der Waals surface area contributed by atoms with Crippen LogP contribution in [0.5, 0.6) is 0 Å². The fraction of sp³-hybridized carbons (Fsp3) is 0.821. The summed E-state index contributed by atoms with van der Waals surface area (Å²) in [5.41, 5.74) is 1.18. The standard InChI is InChI=1S/C28H52ClIN4O4Si3/c1-26(2,3)39(10,11)35-16-18-20(37-40(12,13)27(4,5)6)21(38-41(14,15)28(7,8)9)24(36-18)34-23-19(33-25(34)30)22(29)31-17-32-23/h17-18,20-21,24H,16H2,1-15H3/t18-,20-,21-,24-/m1/s1. The van der Waals surface area contributed by atoms with Gasteiger partial charge >= 0.3 is 0 Å². The molecule has 41 heavy (non-hydrogen) atoms. The van der Waals surface area contributed by atoms with E-state index >= 15 is 0 Å². The van der Waals surface area contributed by atoms with Crippen molar-refractivity contribution in [1.82, 2.24) is 19.5 Å². The van der Waals surface area contributed by atoms with E-state index in [-0.39, 0.29) is 27.3 Å². The summed E-state index contributed by atoms with van der Waals surface area (Å²) in [6.45, 7) is 34.5. The first kappa shape index (κ1) is 35.5. The number of nitrogens with zero attached hydrogens (tertiary/aromatic N) is 4. The predicted molar refractivity (Wildman–Crippen MR) is 184 cm³/mol. The fourth-order valence-electron chi connectivity index (χ4n) is 3.94. The first-order valence-corrected chi connectivity index (χ1v) is 24.7. The van der Waals surface area contributed by atoms with Crippen molar-refractivity contribution in [2.24, 2.45) is 0 Å². The molecule has 1 saturated heterocycles. The Hall–Kier alpha value is 0.0606. The van der Waals surface area contributed by atoms with Crippen LogP contribution in [-0.2, 0) is 18.0 Å². The lowest BCUT2D eigenvalue weighted by Crippen LogP contribution is -2.54. The van der Waals surface area contributed by atoms with Gasteiger partial charge in [0.15, 0.2) is 45.8 Å². The van der Waals surface area contributed by atoms with Crippen molar-refractivity contribution < 1.29 is 18.0 Å². The molecule has 0 amide bonds. The van der Waals surface area contributed by atoms with Gasteiger partial charge in [-0.05, 0) is 54.4 Å². The maximum atomic E-state index is 7.27. The maximum absolute atomic E-state index is 7.27. The summed E-state index contributed by atoms with van der Waals surface area (Å²) in [6, 6.07) is 0. The Morgan fingerprint density at radius 1 is 0.829 bits per heavy atom. The molecule has 0 spiro atoms. The molecular formula is C28H52ClIN4O4Si3. The molecule has 0 bridgehead atoms. The Balaban J connectivity index is 2.20. The summed E-state index contributed by atoms with van der Waals surface area (Å²) in [4.78, 5) is 13.5. The third-order valence-electron chi connectivity index (χ3n) is 9.82. The molecule has 0 unspecified atom stereocenters. The zero-order valence-electron chi connectivity index (χ0n) is 27.8. The molecule has 0 radical (unpaired) electrons. The largest absolute Gasteiger partial charge is 0.414 e. The number of hydrogen-bond donors (Lipinski definition) is 0. The van der Waals surface area contributed by atoms with E-state index in [1.54, 1.807) is 0 Å². The summed E-state index contributed by atoms with van der Waals surface area (Å²) in [5.74, 6) is 0. The molecule has 3 heterocycles. The average Bonchev–Trinajstić information content (AvgIpc) is 3.27. The molecule has 0 saturated carbocycles. The number of halogens is 2. The van der Waals surface area contributed by atoms with Crippen LogP contribution < -0.4 is 0 Å². The predicted octanol–water partition coefficient (Wildman–Crippen LogP) is 8.78. The fourth-order valence-corrected chi connectivity index (χ4v) is 8.47. The minimum atomic E-state index is -2.27. The van der Waals surface area contributed by atoms with E-state index in [9.17, 15) is 0 Å². The number of imidazole rings is 1. The van der Waals surface area contributed by atoms with E-state index < -0.39 is 37.3 Å². The van der Waals surface area contributed by atoms with Crippen molar-refractivity contribution in [1.29, 1.82) is 0 Å². The quantitative estimate of drug-likeness (QED) is 0.115. The molecule has 234 valence electrons. The van der Waals surface area contributed by atoms with Crippen LogP contribution >= 0.6 is 34.2 Å². The molecule has 1 aliphatic heterocycles. The smallest absolute Gasteiger partial charge is 0.192 e. The summed E-state index contributed by atoms with van der Waals surface area (Å²) in [6.07, 6.45) is -0.0967. The Morgan fingerprint density at radius 2 is 1.32 bits per heavy atom. The van der Waals surface area contributed by atoms with Gasteiger partial charge in [-0.15, -0.1) is 0 Å². The Bertz CT molecular complexity index is 1240. The van der Waals surface area contributed by atoms with Crippen LogP contribution in [0.1, 0.15) is 68.5 Å². The van der Waals surface area contributed by atoms with E-state index in [4.69, 9.17) is 34.6 Å². The van der Waals surface area contributed by atoms with E-state index in [2.05, 4.69) is 134 Å². The third-order valence-corrected chi connectivity index (χ3v) is 24.3. The summed E-state index contributed by atoms with van der Waals surface area (Å²) < 4.78 is 31.0. The highest BCUT2D eigenvalue weighted by Gasteiger charge is 2.55. The zero-order valence-corrected chi connectivity index (χ0v) is 33.7. The van der Waals surface area contributed by atoms with Crippen molar-refractivity contribution in [3.63, 3.8) is 0 Å². The second-order valence-electron chi connectivity index (χ2n) is 15.9. The average molecular weight is 755 g/mol. The molecule has 0 N–H and O–H groups in total. The van der Waals surface area contributed by atoms with Crippen LogP contribution in [0, 0.1) is 3.83 Å². The molecule has 8 nitrogen and oxygen atoms in total. The van der Waals surface area contributed by atoms with Crippen LogP contribution in [0.3, 0.4) is 0 Å². The van der Waals surface area contributed by atoms with E-state index in [1.165, 1.54) is 6.33 Å². The number of aromatic nitrogens is 4. The summed E-state index contributed by atoms with van der Waals surface area (Å²) in [5, 5.41) is 0.388. The van der Waals surface area contributed by atoms with Gasteiger partial charge in [-0.2, -0.15) is 0 Å². The van der Waals surface area contributed by atoms with Gasteiger partial charge in [-0.1, -0.05) is 73.9 Å². The molecule has 1 fully saturated rings. The van der Waals surface area contributed by atoms with E-state index in [0.717, 1.165) is 0 Å². The van der Waals surface area contributed by atoms with Gasteiger partial charge in [-0.3, -0.25) is 4.57 Å². The van der Waals surface area contributed by atoms with Crippen LogP contribution in [0.15, 0.2) is 6.33 Å². The normalized spacial score (nSPS) is 23.5. The van der Waals surface area contributed by atoms with Crippen molar-refractivity contribution in [2.45, 2.75) is 141 Å². The Labute approximate surface area is 269 Å². The lowest BCUT2D eigenvalue weighted by atomic mass is 10.1. The van der Waals surface area contributed by atoms with Crippen molar-refractivity contribution in [3.8, 4) is 0 Å². The van der Waals surface area contributed by atoms with Crippen LogP contribution in [0.25, 0.3) is 11.2 Å². The van der Waals surface area contributed by atoms with Gasteiger partial charge in [0.05, 0.1) is 6.61 Å². The molecule has 1 aliphatic rings. The number of ether oxygens (including phenoxy) is 1. The van der Waals surface area contributed by atoms with Gasteiger partial charge in [0.2, 0.25) is 0 Å². The van der Waals surface area contributed by atoms with Crippen LogP contribution in [-0.4, -0.2) is 69.4 Å². The monoisotopic (exact) mass is 754 g/mol. The van der Waals surface area contributed by atoms with Crippen LogP contribution in [0.4, 0.5) is 0 Å². The first-order valence-electron chi connectivity index (χ1n) is 14.5. The molecule has 2 aromatic rings. The molecular weight excluding hydrogens is 703 g/mol. The van der Waals surface area contributed by atoms with Crippen molar-refractivity contribution in [3.05, 3.63) is 15.3 Å². The third kappa shape index (κ3) is 7.32. The minimum absolute atomic E-state index is 0.00826. The van der Waals surface area contributed by atoms with Gasteiger partial charge < -0.3 is 18.0 Å². The van der Waals surface area contributed by atoms with Crippen LogP contribution in [0.2, 0.25) is 59.5 Å². The molecule has 2 aromatic heterocycles. The highest BCUT2D eigenvalue weighted by atomic mass is 127. The molecule has 4 atom stereocenters. The number of fused-ring (bicyclic) bond motifs is 1. The van der Waals surface area contributed by atoms with Gasteiger partial charge in [0.25, 0.3) is 0 Å². The van der Waals surface area contributed by atoms with Crippen molar-refractivity contribution in [2.75, 3.05) is 6.61 Å². The van der Waals surface area contributed by atoms with E-state index in [1.807, 2.05) is 4.57 Å². The van der Waals surface area contributed by atoms with Gasteiger partial charge in [0.1, 0.15) is 30.2 Å². The maximum Gasteiger partial charge on any atom is 0.192 e. The second kappa shape index (κ2) is 11.8.